The number of rotatable bonds is 2. The van der Waals surface area contributed by atoms with Gasteiger partial charge in [0.15, 0.2) is 0 Å². The summed E-state index contributed by atoms with van der Waals surface area (Å²) in [5.74, 6) is -0.402. The normalized spacial score (nSPS) is 12.1. The Labute approximate surface area is 171 Å². The molecule has 1 aliphatic heterocycles. The number of fused-ring (bicyclic) bond motifs is 3. The van der Waals surface area contributed by atoms with Crippen molar-refractivity contribution in [2.24, 2.45) is 0 Å². The quantitative estimate of drug-likeness (QED) is 0.527. The molecule has 2 aromatic carbocycles. The van der Waals surface area contributed by atoms with Gasteiger partial charge >= 0.3 is 0 Å². The lowest BCUT2D eigenvalue weighted by molar-refractivity contribution is 0.0848. The van der Waals surface area contributed by atoms with Crippen molar-refractivity contribution in [1.82, 2.24) is 10.9 Å². The molecule has 4 nitrogen and oxygen atoms in total. The highest BCUT2D eigenvalue weighted by atomic mass is 79.9. The Kier molecular flexibility index (Phi) is 5.03. The second kappa shape index (κ2) is 7.46. The number of hydrogen-bond donors (Lipinski definition) is 2. The van der Waals surface area contributed by atoms with E-state index in [1.54, 1.807) is 48.2 Å². The van der Waals surface area contributed by atoms with Crippen molar-refractivity contribution in [3.63, 3.8) is 0 Å². The van der Waals surface area contributed by atoms with E-state index in [-0.39, 0.29) is 5.82 Å². The summed E-state index contributed by atoms with van der Waals surface area (Å²) in [6.07, 6.45) is 0. The third kappa shape index (κ3) is 3.65. The summed E-state index contributed by atoms with van der Waals surface area (Å²) < 4.78 is 14.3. The van der Waals surface area contributed by atoms with E-state index in [0.29, 0.717) is 14.9 Å². The van der Waals surface area contributed by atoms with E-state index in [1.165, 1.54) is 23.5 Å². The molecule has 0 radical (unpaired) electrons. The first-order chi connectivity index (χ1) is 13.0. The summed E-state index contributed by atoms with van der Waals surface area (Å²) in [6.45, 7) is 0. The van der Waals surface area contributed by atoms with Gasteiger partial charge in [0.25, 0.3) is 11.8 Å². The van der Waals surface area contributed by atoms with E-state index in [0.717, 1.165) is 26.7 Å². The molecule has 0 bridgehead atoms. The van der Waals surface area contributed by atoms with Gasteiger partial charge in [-0.05, 0) is 57.9 Å². The predicted octanol–water partition coefficient (Wildman–Crippen LogP) is 5.00. The summed E-state index contributed by atoms with van der Waals surface area (Å²) in [7, 11) is 0. The molecule has 4 rings (SSSR count). The lowest BCUT2D eigenvalue weighted by Gasteiger charge is -2.15. The Bertz CT molecular complexity index is 1070. The minimum absolute atomic E-state index is 0.303. The third-order valence-electron chi connectivity index (χ3n) is 4.01. The Hall–Kier alpha value is -2.16. The van der Waals surface area contributed by atoms with Gasteiger partial charge in [-0.2, -0.15) is 0 Å². The van der Waals surface area contributed by atoms with Crippen LogP contribution >= 0.6 is 39.0 Å². The molecule has 1 aliphatic rings. The van der Waals surface area contributed by atoms with E-state index >= 15 is 0 Å². The average Bonchev–Trinajstić information content (AvgIpc) is 3.11. The topological polar surface area (TPSA) is 58.2 Å². The van der Waals surface area contributed by atoms with E-state index in [1.807, 2.05) is 0 Å². The van der Waals surface area contributed by atoms with Crippen molar-refractivity contribution < 1.29 is 14.0 Å². The molecule has 2 N–H and O–H groups in total. The highest BCUT2D eigenvalue weighted by molar-refractivity contribution is 9.10. The molecule has 3 aromatic rings. The maximum Gasteiger partial charge on any atom is 0.279 e. The maximum atomic E-state index is 13.6. The summed E-state index contributed by atoms with van der Waals surface area (Å²) in [6, 6.07) is 13.4. The van der Waals surface area contributed by atoms with Crippen LogP contribution < -0.4 is 10.9 Å². The predicted molar refractivity (Wildman–Crippen MR) is 108 cm³/mol. The second-order valence-electron chi connectivity index (χ2n) is 5.78. The van der Waals surface area contributed by atoms with Crippen molar-refractivity contribution in [3.8, 4) is 10.4 Å². The number of thiophene rings is 1. The van der Waals surface area contributed by atoms with E-state index < -0.39 is 11.8 Å². The van der Waals surface area contributed by atoms with Crippen LogP contribution in [0.3, 0.4) is 0 Å². The highest BCUT2D eigenvalue weighted by Crippen LogP contribution is 2.45. The zero-order valence-electron chi connectivity index (χ0n) is 13.7. The van der Waals surface area contributed by atoms with Gasteiger partial charge in [-0.3, -0.25) is 20.4 Å². The highest BCUT2D eigenvalue weighted by Gasteiger charge is 2.23. The minimum Gasteiger partial charge on any atom is -0.267 e. The van der Waals surface area contributed by atoms with Gasteiger partial charge < -0.3 is 0 Å². The monoisotopic (exact) mass is 462 g/mol. The Morgan fingerprint density at radius 2 is 1.81 bits per heavy atom. The lowest BCUT2D eigenvalue weighted by Crippen LogP contribution is -2.41. The van der Waals surface area contributed by atoms with Gasteiger partial charge in [0.2, 0.25) is 0 Å². The third-order valence-corrected chi connectivity index (χ3v) is 7.03. The van der Waals surface area contributed by atoms with Gasteiger partial charge in [0, 0.05) is 25.6 Å². The van der Waals surface area contributed by atoms with E-state index in [2.05, 4.69) is 26.8 Å². The van der Waals surface area contributed by atoms with E-state index in [4.69, 9.17) is 0 Å². The molecule has 0 fully saturated rings. The number of carbonyl (C=O) groups is 2. The standard InChI is InChI=1S/C19H12BrFN2O2S2/c20-14-4-2-1-3-12(14)18(24)22-23-19(25)16-7-10-9-26-15-6-5-11(21)8-13(15)17(10)27-16/h1-8H,9H2,(H,22,24)(H,23,25). The summed E-state index contributed by atoms with van der Waals surface area (Å²) in [5, 5.41) is 0. The number of halogens is 2. The molecule has 2 amide bonds. The van der Waals surface area contributed by atoms with Crippen molar-refractivity contribution in [1.29, 1.82) is 0 Å². The van der Waals surface area contributed by atoms with Crippen LogP contribution in [0, 0.1) is 5.82 Å². The molecule has 8 heteroatoms. The van der Waals surface area contributed by atoms with Crippen LogP contribution in [0.1, 0.15) is 25.6 Å². The van der Waals surface area contributed by atoms with Gasteiger partial charge in [0.1, 0.15) is 5.82 Å². The largest absolute Gasteiger partial charge is 0.279 e. The molecule has 0 saturated carbocycles. The first kappa shape index (κ1) is 18.2. The molecule has 1 aromatic heterocycles. The van der Waals surface area contributed by atoms with Gasteiger partial charge in [-0.25, -0.2) is 4.39 Å². The fourth-order valence-electron chi connectivity index (χ4n) is 2.72. The molecule has 2 heterocycles. The fourth-order valence-corrected chi connectivity index (χ4v) is 5.47. The lowest BCUT2D eigenvalue weighted by atomic mass is 10.1. The van der Waals surface area contributed by atoms with Crippen LogP contribution in [-0.4, -0.2) is 11.8 Å². The molecule has 0 unspecified atom stereocenters. The zero-order valence-corrected chi connectivity index (χ0v) is 16.9. The number of hydrogen-bond acceptors (Lipinski definition) is 4. The first-order valence-electron chi connectivity index (χ1n) is 7.93. The zero-order chi connectivity index (χ0) is 19.0. The molecule has 0 aliphatic carbocycles. The fraction of sp³-hybridized carbons (Fsp3) is 0.0526. The van der Waals surface area contributed by atoms with Crippen LogP contribution in [0.5, 0.6) is 0 Å². The van der Waals surface area contributed by atoms with Crippen LogP contribution in [-0.2, 0) is 5.75 Å². The summed E-state index contributed by atoms with van der Waals surface area (Å²) >= 11 is 6.21. The Morgan fingerprint density at radius 1 is 1.04 bits per heavy atom. The maximum absolute atomic E-state index is 13.6. The van der Waals surface area contributed by atoms with Crippen molar-refractivity contribution in [2.75, 3.05) is 0 Å². The van der Waals surface area contributed by atoms with Crippen LogP contribution in [0.15, 0.2) is 57.9 Å². The Morgan fingerprint density at radius 3 is 2.63 bits per heavy atom. The molecule has 0 saturated heterocycles. The van der Waals surface area contributed by atoms with Gasteiger partial charge in [-0.15, -0.1) is 23.1 Å². The Balaban J connectivity index is 1.51. The second-order valence-corrected chi connectivity index (χ2v) is 8.71. The molecular formula is C19H12BrFN2O2S2. The number of amides is 2. The molecule has 27 heavy (non-hydrogen) atoms. The number of thioether (sulfide) groups is 1. The SMILES string of the molecule is O=C(NNC(=O)c1ccccc1Br)c1cc2c(s1)-c1cc(F)ccc1SC2. The van der Waals surface area contributed by atoms with Crippen LogP contribution in [0.2, 0.25) is 0 Å². The van der Waals surface area contributed by atoms with Crippen molar-refractivity contribution in [3.05, 3.63) is 74.8 Å². The summed E-state index contributed by atoms with van der Waals surface area (Å²) in [4.78, 5) is 27.0. The number of hydrazine groups is 1. The number of nitrogens with one attached hydrogen (secondary N) is 2. The van der Waals surface area contributed by atoms with Crippen LogP contribution in [0.4, 0.5) is 4.39 Å². The molecule has 136 valence electrons. The van der Waals surface area contributed by atoms with Crippen molar-refractivity contribution >= 4 is 50.8 Å². The minimum atomic E-state index is -0.417. The molecular weight excluding hydrogens is 451 g/mol. The molecule has 0 atom stereocenters. The van der Waals surface area contributed by atoms with Gasteiger partial charge in [-0.1, -0.05) is 12.1 Å². The van der Waals surface area contributed by atoms with E-state index in [9.17, 15) is 14.0 Å². The molecule has 0 spiro atoms. The number of carbonyl (C=O) groups excluding carboxylic acids is 2. The van der Waals surface area contributed by atoms with Crippen LogP contribution in [0.25, 0.3) is 10.4 Å². The smallest absolute Gasteiger partial charge is 0.267 e. The summed E-state index contributed by atoms with van der Waals surface area (Å²) in [5.41, 5.74) is 7.08. The number of benzene rings is 2. The average molecular weight is 463 g/mol. The van der Waals surface area contributed by atoms with Gasteiger partial charge in [0.05, 0.1) is 10.4 Å². The first-order valence-corrected chi connectivity index (χ1v) is 10.5. The van der Waals surface area contributed by atoms with Crippen molar-refractivity contribution in [2.45, 2.75) is 10.6 Å².